The van der Waals surface area contributed by atoms with Crippen molar-refractivity contribution in [3.63, 3.8) is 0 Å². The van der Waals surface area contributed by atoms with Crippen LogP contribution in [0.2, 0.25) is 0 Å². The largest absolute Gasteiger partial charge is 0.352 e. The third kappa shape index (κ3) is 4.23. The highest BCUT2D eigenvalue weighted by molar-refractivity contribution is 7.15. The topological polar surface area (TPSA) is 93.0 Å². The molecule has 1 aliphatic heterocycles. The first-order chi connectivity index (χ1) is 14.4. The zero-order chi connectivity index (χ0) is 21.3. The lowest BCUT2D eigenvalue weighted by Crippen LogP contribution is -2.32. The van der Waals surface area contributed by atoms with Gasteiger partial charge < -0.3 is 5.32 Å². The molecule has 0 spiro atoms. The standard InChI is InChI=1S/C20H21FN6O2S/c1-12(2)19-24-25-20(30-19)26-11-14(7-17(26)28)18(29)22-8-13-9-23-27(10-13)16-5-3-15(21)4-6-16/h3-6,9-10,12,14H,7-8,11H2,1-2H3,(H,22,29). The zero-order valence-corrected chi connectivity index (χ0v) is 17.4. The average molecular weight is 428 g/mol. The second kappa shape index (κ2) is 8.31. The lowest BCUT2D eigenvalue weighted by atomic mass is 10.1. The van der Waals surface area contributed by atoms with Crippen molar-refractivity contribution in [3.8, 4) is 5.69 Å². The van der Waals surface area contributed by atoms with E-state index >= 15 is 0 Å². The number of anilines is 1. The number of aromatic nitrogens is 4. The molecule has 1 saturated heterocycles. The van der Waals surface area contributed by atoms with Crippen LogP contribution in [0.5, 0.6) is 0 Å². The zero-order valence-electron chi connectivity index (χ0n) is 16.6. The van der Waals surface area contributed by atoms with Gasteiger partial charge in [-0.05, 0) is 24.3 Å². The molecule has 1 N–H and O–H groups in total. The molecule has 0 bridgehead atoms. The smallest absolute Gasteiger partial charge is 0.229 e. The van der Waals surface area contributed by atoms with Gasteiger partial charge in [0.1, 0.15) is 10.8 Å². The fourth-order valence-electron chi connectivity index (χ4n) is 3.16. The molecular formula is C20H21FN6O2S. The van der Waals surface area contributed by atoms with Crippen molar-refractivity contribution in [1.29, 1.82) is 0 Å². The number of benzene rings is 1. The Labute approximate surface area is 176 Å². The van der Waals surface area contributed by atoms with Crippen LogP contribution in [-0.2, 0) is 16.1 Å². The second-order valence-electron chi connectivity index (χ2n) is 7.47. The lowest BCUT2D eigenvalue weighted by molar-refractivity contribution is -0.126. The number of hydrogen-bond donors (Lipinski definition) is 1. The van der Waals surface area contributed by atoms with Gasteiger partial charge in [-0.3, -0.25) is 14.5 Å². The third-order valence-electron chi connectivity index (χ3n) is 4.84. The Balaban J connectivity index is 1.34. The Bertz CT molecular complexity index is 1060. The number of hydrogen-bond acceptors (Lipinski definition) is 6. The molecule has 30 heavy (non-hydrogen) atoms. The van der Waals surface area contributed by atoms with Gasteiger partial charge in [0.15, 0.2) is 0 Å². The molecule has 2 amide bonds. The Kier molecular flexibility index (Phi) is 5.58. The van der Waals surface area contributed by atoms with Crippen molar-refractivity contribution in [1.82, 2.24) is 25.3 Å². The molecule has 4 rings (SSSR count). The molecule has 1 fully saturated rings. The van der Waals surface area contributed by atoms with Crippen LogP contribution in [0.15, 0.2) is 36.7 Å². The summed E-state index contributed by atoms with van der Waals surface area (Å²) >= 11 is 1.38. The van der Waals surface area contributed by atoms with E-state index in [9.17, 15) is 14.0 Å². The summed E-state index contributed by atoms with van der Waals surface area (Å²) in [4.78, 5) is 26.5. The van der Waals surface area contributed by atoms with E-state index in [1.54, 1.807) is 34.1 Å². The van der Waals surface area contributed by atoms with E-state index in [4.69, 9.17) is 0 Å². The summed E-state index contributed by atoms with van der Waals surface area (Å²) in [7, 11) is 0. The van der Waals surface area contributed by atoms with Crippen LogP contribution in [0.25, 0.3) is 5.69 Å². The highest BCUT2D eigenvalue weighted by Crippen LogP contribution is 2.30. The van der Waals surface area contributed by atoms with E-state index in [0.717, 1.165) is 16.3 Å². The summed E-state index contributed by atoms with van der Waals surface area (Å²) in [5.41, 5.74) is 1.53. The fourth-order valence-corrected chi connectivity index (χ4v) is 4.03. The van der Waals surface area contributed by atoms with Gasteiger partial charge >= 0.3 is 0 Å². The summed E-state index contributed by atoms with van der Waals surface area (Å²) < 4.78 is 14.7. The minimum Gasteiger partial charge on any atom is -0.352 e. The molecule has 1 aromatic carbocycles. The van der Waals surface area contributed by atoms with Crippen molar-refractivity contribution >= 4 is 28.3 Å². The van der Waals surface area contributed by atoms with Crippen LogP contribution in [0.4, 0.5) is 9.52 Å². The molecule has 0 saturated carbocycles. The number of nitrogens with one attached hydrogen (secondary N) is 1. The Morgan fingerprint density at radius 1 is 1.30 bits per heavy atom. The highest BCUT2D eigenvalue weighted by atomic mass is 32.1. The average Bonchev–Trinajstić information content (AvgIpc) is 3.46. The van der Waals surface area contributed by atoms with Crippen molar-refractivity contribution in [2.24, 2.45) is 5.92 Å². The molecule has 156 valence electrons. The Morgan fingerprint density at radius 3 is 2.77 bits per heavy atom. The van der Waals surface area contributed by atoms with Gasteiger partial charge in [-0.1, -0.05) is 25.2 Å². The first-order valence-electron chi connectivity index (χ1n) is 9.61. The number of rotatable bonds is 6. The summed E-state index contributed by atoms with van der Waals surface area (Å²) in [5.74, 6) is -0.813. The van der Waals surface area contributed by atoms with E-state index in [-0.39, 0.29) is 30.0 Å². The van der Waals surface area contributed by atoms with Crippen molar-refractivity contribution in [2.75, 3.05) is 11.4 Å². The molecule has 0 radical (unpaired) electrons. The predicted octanol–water partition coefficient (Wildman–Crippen LogP) is 2.66. The Morgan fingerprint density at radius 2 is 2.07 bits per heavy atom. The Hall–Kier alpha value is -3.14. The van der Waals surface area contributed by atoms with Crippen LogP contribution in [0.3, 0.4) is 0 Å². The summed E-state index contributed by atoms with van der Waals surface area (Å²) in [6.45, 7) is 4.63. The van der Waals surface area contributed by atoms with E-state index in [1.807, 2.05) is 13.8 Å². The van der Waals surface area contributed by atoms with E-state index < -0.39 is 5.92 Å². The molecule has 1 atom stereocenters. The van der Waals surface area contributed by atoms with E-state index in [0.29, 0.717) is 18.2 Å². The minimum absolute atomic E-state index is 0.120. The van der Waals surface area contributed by atoms with Gasteiger partial charge in [0.05, 0.1) is 17.8 Å². The maximum Gasteiger partial charge on any atom is 0.229 e. The van der Waals surface area contributed by atoms with Crippen LogP contribution < -0.4 is 10.2 Å². The predicted molar refractivity (Wildman–Crippen MR) is 110 cm³/mol. The SMILES string of the molecule is CC(C)c1nnc(N2CC(C(=O)NCc3cnn(-c4ccc(F)cc4)c3)CC2=O)s1. The molecule has 3 aromatic rings. The number of carbonyl (C=O) groups is 2. The molecule has 0 aliphatic carbocycles. The maximum atomic E-state index is 13.1. The van der Waals surface area contributed by atoms with Gasteiger partial charge in [0.2, 0.25) is 16.9 Å². The molecule has 1 aliphatic rings. The molecule has 8 nitrogen and oxygen atoms in total. The van der Waals surface area contributed by atoms with Crippen LogP contribution in [0.1, 0.15) is 36.8 Å². The fraction of sp³-hybridized carbons (Fsp3) is 0.350. The third-order valence-corrected chi connectivity index (χ3v) is 6.09. The lowest BCUT2D eigenvalue weighted by Gasteiger charge is -2.12. The van der Waals surface area contributed by atoms with Gasteiger partial charge in [-0.2, -0.15) is 5.10 Å². The van der Waals surface area contributed by atoms with Crippen molar-refractivity contribution in [2.45, 2.75) is 32.7 Å². The summed E-state index contributed by atoms with van der Waals surface area (Å²) in [5, 5.41) is 16.7. The van der Waals surface area contributed by atoms with Gasteiger partial charge in [-0.25, -0.2) is 9.07 Å². The quantitative estimate of drug-likeness (QED) is 0.652. The summed E-state index contributed by atoms with van der Waals surface area (Å²) in [6, 6.07) is 5.98. The maximum absolute atomic E-state index is 13.1. The van der Waals surface area contributed by atoms with Crippen LogP contribution >= 0.6 is 11.3 Å². The second-order valence-corrected chi connectivity index (χ2v) is 8.46. The van der Waals surface area contributed by atoms with Crippen molar-refractivity contribution in [3.05, 3.63) is 53.0 Å². The van der Waals surface area contributed by atoms with Gasteiger partial charge in [0, 0.05) is 37.2 Å². The number of carbonyl (C=O) groups excluding carboxylic acids is 2. The molecule has 1 unspecified atom stereocenters. The molecule has 2 aromatic heterocycles. The first kappa shape index (κ1) is 20.1. The van der Waals surface area contributed by atoms with Gasteiger partial charge in [-0.15, -0.1) is 10.2 Å². The highest BCUT2D eigenvalue weighted by Gasteiger charge is 2.36. The first-order valence-corrected chi connectivity index (χ1v) is 10.4. The molecule has 10 heteroatoms. The number of nitrogens with zero attached hydrogens (tertiary/aromatic N) is 5. The minimum atomic E-state index is -0.434. The monoisotopic (exact) mass is 428 g/mol. The van der Waals surface area contributed by atoms with Gasteiger partial charge in [0.25, 0.3) is 0 Å². The molecule has 3 heterocycles. The van der Waals surface area contributed by atoms with Crippen LogP contribution in [0, 0.1) is 11.7 Å². The van der Waals surface area contributed by atoms with E-state index in [2.05, 4.69) is 20.6 Å². The molecular weight excluding hydrogens is 407 g/mol. The normalized spacial score (nSPS) is 16.5. The number of halogens is 1. The van der Waals surface area contributed by atoms with Crippen molar-refractivity contribution < 1.29 is 14.0 Å². The summed E-state index contributed by atoms with van der Waals surface area (Å²) in [6.07, 6.45) is 3.57. The van der Waals surface area contributed by atoms with E-state index in [1.165, 1.54) is 23.5 Å². The van der Waals surface area contributed by atoms with Crippen LogP contribution in [-0.4, -0.2) is 38.3 Å². The number of amides is 2.